The van der Waals surface area contributed by atoms with Gasteiger partial charge in [-0.15, -0.1) is 0 Å². The smallest absolute Gasteiger partial charge is 0.139 e. The normalized spacial score (nSPS) is 11.3. The second-order valence-electron chi connectivity index (χ2n) is 5.26. The molecule has 0 saturated carbocycles. The minimum Gasteiger partial charge on any atom is -0.338 e. The number of aromatic amines is 1. The van der Waals surface area contributed by atoms with Gasteiger partial charge >= 0.3 is 0 Å². The largest absolute Gasteiger partial charge is 0.338 e. The number of halogens is 1. The summed E-state index contributed by atoms with van der Waals surface area (Å²) in [4.78, 5) is 8.22. The summed E-state index contributed by atoms with van der Waals surface area (Å²) >= 11 is 3.60. The molecule has 4 rings (SSSR count). The predicted molar refractivity (Wildman–Crippen MR) is 91.5 cm³/mol. The molecule has 102 valence electrons. The van der Waals surface area contributed by atoms with Gasteiger partial charge in [-0.05, 0) is 51.3 Å². The van der Waals surface area contributed by atoms with E-state index in [1.165, 1.54) is 16.3 Å². The Balaban J connectivity index is 2.03. The highest BCUT2D eigenvalue weighted by molar-refractivity contribution is 9.10. The Morgan fingerprint density at radius 3 is 2.71 bits per heavy atom. The van der Waals surface area contributed by atoms with Gasteiger partial charge in [0.15, 0.2) is 0 Å². The van der Waals surface area contributed by atoms with Crippen LogP contribution in [0, 0.1) is 6.92 Å². The van der Waals surface area contributed by atoms with Crippen LogP contribution in [0.4, 0.5) is 0 Å². The van der Waals surface area contributed by atoms with E-state index in [4.69, 9.17) is 4.98 Å². The Kier molecular flexibility index (Phi) is 2.82. The highest BCUT2D eigenvalue weighted by Gasteiger charge is 2.10. The standard InChI is InChI=1S/C18H13BrN2/c1-11-9-15(19)17-16(10-11)20-18(21-17)14-8-4-6-12-5-2-3-7-13(12)14/h2-10H,1H3,(H,20,21). The van der Waals surface area contributed by atoms with Crippen LogP contribution in [0.2, 0.25) is 0 Å². The van der Waals surface area contributed by atoms with Crippen LogP contribution in [-0.2, 0) is 0 Å². The lowest BCUT2D eigenvalue weighted by Gasteiger charge is -2.03. The molecule has 3 aromatic carbocycles. The van der Waals surface area contributed by atoms with Gasteiger partial charge in [-0.3, -0.25) is 0 Å². The molecule has 1 N–H and O–H groups in total. The molecule has 0 amide bonds. The van der Waals surface area contributed by atoms with Crippen LogP contribution < -0.4 is 0 Å². The van der Waals surface area contributed by atoms with Gasteiger partial charge in [0.05, 0.1) is 5.52 Å². The Bertz CT molecular complexity index is 964. The molecule has 2 nitrogen and oxygen atoms in total. The maximum Gasteiger partial charge on any atom is 0.139 e. The molecule has 0 atom stereocenters. The number of hydrogen-bond donors (Lipinski definition) is 1. The molecule has 1 aromatic heterocycles. The lowest BCUT2D eigenvalue weighted by molar-refractivity contribution is 1.34. The van der Waals surface area contributed by atoms with Gasteiger partial charge in [-0.1, -0.05) is 42.5 Å². The third-order valence-corrected chi connectivity index (χ3v) is 4.33. The van der Waals surface area contributed by atoms with Crippen LogP contribution in [0.5, 0.6) is 0 Å². The van der Waals surface area contributed by atoms with Crippen LogP contribution in [0.3, 0.4) is 0 Å². The zero-order valence-corrected chi connectivity index (χ0v) is 13.1. The molecule has 0 spiro atoms. The summed E-state index contributed by atoms with van der Waals surface area (Å²) in [5.41, 5.74) is 4.38. The molecule has 0 aliphatic heterocycles. The molecule has 21 heavy (non-hydrogen) atoms. The molecule has 0 bridgehead atoms. The average molecular weight is 337 g/mol. The zero-order chi connectivity index (χ0) is 14.4. The van der Waals surface area contributed by atoms with E-state index in [9.17, 15) is 0 Å². The van der Waals surface area contributed by atoms with Gasteiger partial charge in [0.2, 0.25) is 0 Å². The van der Waals surface area contributed by atoms with E-state index in [1.807, 2.05) is 0 Å². The molecule has 1 heterocycles. The first-order valence-corrected chi connectivity index (χ1v) is 7.66. The fourth-order valence-corrected chi connectivity index (χ4v) is 3.43. The van der Waals surface area contributed by atoms with Gasteiger partial charge in [0.25, 0.3) is 0 Å². The second kappa shape index (κ2) is 4.71. The van der Waals surface area contributed by atoms with Crippen molar-refractivity contribution in [1.82, 2.24) is 9.97 Å². The second-order valence-corrected chi connectivity index (χ2v) is 6.11. The lowest BCUT2D eigenvalue weighted by atomic mass is 10.0. The van der Waals surface area contributed by atoms with E-state index in [-0.39, 0.29) is 0 Å². The van der Waals surface area contributed by atoms with Crippen molar-refractivity contribution < 1.29 is 0 Å². The number of imidazole rings is 1. The molecule has 4 aromatic rings. The van der Waals surface area contributed by atoms with Gasteiger partial charge in [-0.25, -0.2) is 4.98 Å². The number of H-pyrrole nitrogens is 1. The van der Waals surface area contributed by atoms with E-state index in [0.29, 0.717) is 0 Å². The Morgan fingerprint density at radius 1 is 1.00 bits per heavy atom. The van der Waals surface area contributed by atoms with Gasteiger partial charge < -0.3 is 4.98 Å². The number of aromatic nitrogens is 2. The Hall–Kier alpha value is -2.13. The summed E-state index contributed by atoms with van der Waals surface area (Å²) in [7, 11) is 0. The van der Waals surface area contributed by atoms with Gasteiger partial charge in [0, 0.05) is 10.0 Å². The third-order valence-electron chi connectivity index (χ3n) is 3.73. The fraction of sp³-hybridized carbons (Fsp3) is 0.0556. The van der Waals surface area contributed by atoms with E-state index in [0.717, 1.165) is 26.9 Å². The summed E-state index contributed by atoms with van der Waals surface area (Å²) in [6.07, 6.45) is 0. The number of benzene rings is 3. The molecule has 0 fully saturated rings. The van der Waals surface area contributed by atoms with Crippen molar-refractivity contribution in [2.45, 2.75) is 6.92 Å². The first-order valence-electron chi connectivity index (χ1n) is 6.86. The van der Waals surface area contributed by atoms with Gasteiger partial charge in [-0.2, -0.15) is 0 Å². The van der Waals surface area contributed by atoms with Crippen LogP contribution in [0.25, 0.3) is 33.2 Å². The molecule has 0 unspecified atom stereocenters. The SMILES string of the molecule is Cc1cc(Br)c2nc(-c3cccc4ccccc34)[nH]c2c1. The van der Waals surface area contributed by atoms with Crippen molar-refractivity contribution in [2.24, 2.45) is 0 Å². The third kappa shape index (κ3) is 2.05. The van der Waals surface area contributed by atoms with Crippen LogP contribution >= 0.6 is 15.9 Å². The summed E-state index contributed by atoms with van der Waals surface area (Å²) in [5.74, 6) is 0.910. The summed E-state index contributed by atoms with van der Waals surface area (Å²) in [6.45, 7) is 2.09. The van der Waals surface area contributed by atoms with Crippen molar-refractivity contribution in [3.05, 3.63) is 64.6 Å². The fourth-order valence-electron chi connectivity index (χ4n) is 2.77. The first kappa shape index (κ1) is 12.6. The van der Waals surface area contributed by atoms with E-state index in [1.54, 1.807) is 0 Å². The molecule has 0 aliphatic carbocycles. The van der Waals surface area contributed by atoms with Gasteiger partial charge in [0.1, 0.15) is 11.3 Å². The predicted octanol–water partition coefficient (Wildman–Crippen LogP) is 5.45. The first-order chi connectivity index (χ1) is 10.2. The molecule has 3 heteroatoms. The quantitative estimate of drug-likeness (QED) is 0.491. The molecular weight excluding hydrogens is 324 g/mol. The van der Waals surface area contributed by atoms with Crippen molar-refractivity contribution >= 4 is 37.7 Å². The number of fused-ring (bicyclic) bond motifs is 2. The van der Waals surface area contributed by atoms with Crippen LogP contribution in [0.1, 0.15) is 5.56 Å². The van der Waals surface area contributed by atoms with Crippen molar-refractivity contribution in [3.63, 3.8) is 0 Å². The maximum absolute atomic E-state index is 4.77. The zero-order valence-electron chi connectivity index (χ0n) is 11.5. The number of rotatable bonds is 1. The van der Waals surface area contributed by atoms with Crippen molar-refractivity contribution in [3.8, 4) is 11.4 Å². The highest BCUT2D eigenvalue weighted by Crippen LogP contribution is 2.31. The maximum atomic E-state index is 4.77. The number of hydrogen-bond acceptors (Lipinski definition) is 1. The molecule has 0 radical (unpaired) electrons. The van der Waals surface area contributed by atoms with E-state index < -0.39 is 0 Å². The highest BCUT2D eigenvalue weighted by atomic mass is 79.9. The number of nitrogens with one attached hydrogen (secondary N) is 1. The minimum absolute atomic E-state index is 0.910. The number of aryl methyl sites for hydroxylation is 1. The van der Waals surface area contributed by atoms with Crippen molar-refractivity contribution in [1.29, 1.82) is 0 Å². The monoisotopic (exact) mass is 336 g/mol. The van der Waals surface area contributed by atoms with Crippen LogP contribution in [0.15, 0.2) is 59.1 Å². The topological polar surface area (TPSA) is 28.7 Å². The molecule has 0 saturated heterocycles. The number of nitrogens with zero attached hydrogens (tertiary/aromatic N) is 1. The summed E-state index contributed by atoms with van der Waals surface area (Å²) < 4.78 is 1.03. The molecular formula is C18H13BrN2. The Labute approximate surface area is 131 Å². The molecule has 0 aliphatic rings. The average Bonchev–Trinajstić information content (AvgIpc) is 2.90. The van der Waals surface area contributed by atoms with E-state index in [2.05, 4.69) is 82.4 Å². The lowest BCUT2D eigenvalue weighted by Crippen LogP contribution is -1.82. The Morgan fingerprint density at radius 2 is 1.81 bits per heavy atom. The summed E-state index contributed by atoms with van der Waals surface area (Å²) in [6, 6.07) is 18.9. The minimum atomic E-state index is 0.910. The van der Waals surface area contributed by atoms with E-state index >= 15 is 0 Å². The summed E-state index contributed by atoms with van der Waals surface area (Å²) in [5, 5.41) is 2.44. The van der Waals surface area contributed by atoms with Crippen LogP contribution in [-0.4, -0.2) is 9.97 Å². The van der Waals surface area contributed by atoms with Crippen molar-refractivity contribution in [2.75, 3.05) is 0 Å².